The van der Waals surface area contributed by atoms with Crippen LogP contribution in [0.15, 0.2) is 12.7 Å². The van der Waals surface area contributed by atoms with Crippen molar-refractivity contribution < 1.29 is 28.7 Å². The first-order valence-electron chi connectivity index (χ1n) is 13.5. The molecule has 3 rings (SSSR count). The lowest BCUT2D eigenvalue weighted by atomic mass is 9.96. The van der Waals surface area contributed by atoms with Crippen LogP contribution >= 0.6 is 0 Å². The number of amides is 4. The molecule has 4 amide bonds. The van der Waals surface area contributed by atoms with Crippen molar-refractivity contribution in [3.63, 3.8) is 0 Å². The fourth-order valence-corrected chi connectivity index (χ4v) is 5.18. The second-order valence-corrected chi connectivity index (χ2v) is 11.5. The van der Waals surface area contributed by atoms with E-state index in [9.17, 15) is 24.0 Å². The standard InChI is InChI=1S/C27H42N4O6/c1-5-14-28-24(34)22(32)19(16-17-12-13-17)29-23(33)20-11-8-15-31(20)25(35)21(18-9-6-7-10-18)30-26(36)37-27(2,3)4/h5,17-21H,1,6-16H2,2-4H3,(H,28,34)(H,29,33)(H,30,36)/t19?,20-,21-/m0/s1. The Morgan fingerprint density at radius 3 is 2.27 bits per heavy atom. The molecular formula is C27H42N4O6. The molecule has 0 spiro atoms. The average Bonchev–Trinajstić information content (AvgIpc) is 3.27. The molecule has 3 fully saturated rings. The molecule has 206 valence electrons. The van der Waals surface area contributed by atoms with E-state index in [-0.39, 0.29) is 18.4 Å². The maximum Gasteiger partial charge on any atom is 0.408 e. The minimum Gasteiger partial charge on any atom is -0.444 e. The third kappa shape index (κ3) is 8.30. The molecule has 3 atom stereocenters. The Kier molecular flexibility index (Phi) is 9.73. The Morgan fingerprint density at radius 2 is 1.68 bits per heavy atom. The molecule has 0 bridgehead atoms. The van der Waals surface area contributed by atoms with Crippen molar-refractivity contribution in [1.29, 1.82) is 0 Å². The zero-order chi connectivity index (χ0) is 27.2. The van der Waals surface area contributed by atoms with Gasteiger partial charge < -0.3 is 25.6 Å². The molecule has 1 aliphatic heterocycles. The summed E-state index contributed by atoms with van der Waals surface area (Å²) in [5, 5.41) is 8.03. The molecule has 37 heavy (non-hydrogen) atoms. The zero-order valence-corrected chi connectivity index (χ0v) is 22.3. The summed E-state index contributed by atoms with van der Waals surface area (Å²) in [5.41, 5.74) is -0.704. The quantitative estimate of drug-likeness (QED) is 0.284. The molecule has 0 aromatic carbocycles. The number of nitrogens with one attached hydrogen (secondary N) is 3. The number of carbonyl (C=O) groups excluding carboxylic acids is 5. The first-order valence-corrected chi connectivity index (χ1v) is 13.5. The molecule has 0 radical (unpaired) electrons. The van der Waals surface area contributed by atoms with Crippen LogP contribution in [-0.4, -0.2) is 71.3 Å². The van der Waals surface area contributed by atoms with Crippen molar-refractivity contribution in [2.24, 2.45) is 11.8 Å². The van der Waals surface area contributed by atoms with E-state index in [0.29, 0.717) is 31.7 Å². The lowest BCUT2D eigenvalue weighted by Gasteiger charge is -2.32. The van der Waals surface area contributed by atoms with Crippen LogP contribution in [0.4, 0.5) is 4.79 Å². The monoisotopic (exact) mass is 518 g/mol. The summed E-state index contributed by atoms with van der Waals surface area (Å²) in [6.45, 7) is 9.36. The summed E-state index contributed by atoms with van der Waals surface area (Å²) in [6.07, 6.45) is 7.82. The van der Waals surface area contributed by atoms with Gasteiger partial charge in [-0.3, -0.25) is 19.2 Å². The highest BCUT2D eigenvalue weighted by atomic mass is 16.6. The molecule has 0 aromatic heterocycles. The number of rotatable bonds is 11. The Labute approximate surface area is 219 Å². The van der Waals surface area contributed by atoms with Gasteiger partial charge in [0.2, 0.25) is 17.6 Å². The van der Waals surface area contributed by atoms with Crippen molar-refractivity contribution in [2.75, 3.05) is 13.1 Å². The number of carbonyl (C=O) groups is 5. The summed E-state index contributed by atoms with van der Waals surface area (Å²) in [5.74, 6) is -1.91. The fourth-order valence-electron chi connectivity index (χ4n) is 5.18. The second kappa shape index (κ2) is 12.6. The Morgan fingerprint density at radius 1 is 1.00 bits per heavy atom. The Bertz CT molecular complexity index is 888. The van der Waals surface area contributed by atoms with Crippen LogP contribution in [0.3, 0.4) is 0 Å². The number of likely N-dealkylation sites (tertiary alicyclic amines) is 1. The number of nitrogens with zero attached hydrogens (tertiary/aromatic N) is 1. The van der Waals surface area contributed by atoms with Crippen molar-refractivity contribution >= 4 is 29.6 Å². The van der Waals surface area contributed by atoms with Gasteiger partial charge in [0.1, 0.15) is 17.7 Å². The van der Waals surface area contributed by atoms with E-state index in [1.807, 2.05) is 0 Å². The highest BCUT2D eigenvalue weighted by Crippen LogP contribution is 2.34. The van der Waals surface area contributed by atoms with Gasteiger partial charge in [0.25, 0.3) is 5.91 Å². The highest BCUT2D eigenvalue weighted by Gasteiger charge is 2.43. The van der Waals surface area contributed by atoms with Crippen LogP contribution in [0.25, 0.3) is 0 Å². The maximum atomic E-state index is 13.7. The van der Waals surface area contributed by atoms with Gasteiger partial charge in [-0.1, -0.05) is 31.8 Å². The van der Waals surface area contributed by atoms with Gasteiger partial charge in [0, 0.05) is 13.1 Å². The van der Waals surface area contributed by atoms with Crippen molar-refractivity contribution in [3.8, 4) is 0 Å². The zero-order valence-electron chi connectivity index (χ0n) is 22.3. The van der Waals surface area contributed by atoms with E-state index < -0.39 is 47.4 Å². The summed E-state index contributed by atoms with van der Waals surface area (Å²) in [4.78, 5) is 66.2. The van der Waals surface area contributed by atoms with E-state index in [1.54, 1.807) is 20.8 Å². The molecule has 3 N–H and O–H groups in total. The molecule has 1 saturated heterocycles. The minimum absolute atomic E-state index is 0.0259. The summed E-state index contributed by atoms with van der Waals surface area (Å²) >= 11 is 0. The van der Waals surface area contributed by atoms with Gasteiger partial charge in [0.15, 0.2) is 0 Å². The predicted molar refractivity (Wildman–Crippen MR) is 137 cm³/mol. The topological polar surface area (TPSA) is 134 Å². The minimum atomic E-state index is -0.937. The first kappa shape index (κ1) is 28.7. The molecular weight excluding hydrogens is 476 g/mol. The summed E-state index contributed by atoms with van der Waals surface area (Å²) < 4.78 is 5.41. The molecule has 10 nitrogen and oxygen atoms in total. The number of Topliss-reactive ketones (excluding diaryl/α,β-unsaturated/α-hetero) is 1. The molecule has 2 saturated carbocycles. The maximum absolute atomic E-state index is 13.7. The third-order valence-electron chi connectivity index (χ3n) is 7.18. The predicted octanol–water partition coefficient (Wildman–Crippen LogP) is 2.22. The van der Waals surface area contributed by atoms with E-state index in [1.165, 1.54) is 11.0 Å². The smallest absolute Gasteiger partial charge is 0.408 e. The number of ketones is 1. The van der Waals surface area contributed by atoms with Crippen LogP contribution in [0, 0.1) is 11.8 Å². The van der Waals surface area contributed by atoms with Crippen LogP contribution in [0.2, 0.25) is 0 Å². The van der Waals surface area contributed by atoms with Crippen LogP contribution in [0.1, 0.15) is 78.6 Å². The van der Waals surface area contributed by atoms with Gasteiger partial charge in [-0.2, -0.15) is 0 Å². The highest BCUT2D eigenvalue weighted by molar-refractivity contribution is 6.38. The Balaban J connectivity index is 1.70. The van der Waals surface area contributed by atoms with Crippen molar-refractivity contribution in [2.45, 2.75) is 102 Å². The average molecular weight is 519 g/mol. The SMILES string of the molecule is C=CCNC(=O)C(=O)C(CC1CC1)NC(=O)[C@@H]1CCCN1C(=O)[C@@H](NC(=O)OC(C)(C)C)C1CCCC1. The molecule has 1 heterocycles. The number of hydrogen-bond donors (Lipinski definition) is 3. The van der Waals surface area contributed by atoms with Gasteiger partial charge in [-0.15, -0.1) is 6.58 Å². The Hall–Kier alpha value is -2.91. The molecule has 0 aromatic rings. The van der Waals surface area contributed by atoms with Crippen molar-refractivity contribution in [3.05, 3.63) is 12.7 Å². The van der Waals surface area contributed by atoms with Crippen LogP contribution in [0.5, 0.6) is 0 Å². The lowest BCUT2D eigenvalue weighted by molar-refractivity contribution is -0.143. The van der Waals surface area contributed by atoms with Gasteiger partial charge in [-0.05, 0) is 64.7 Å². The van der Waals surface area contributed by atoms with E-state index in [0.717, 1.165) is 38.5 Å². The largest absolute Gasteiger partial charge is 0.444 e. The second-order valence-electron chi connectivity index (χ2n) is 11.5. The first-order chi connectivity index (χ1) is 17.5. The number of alkyl carbamates (subject to hydrolysis) is 1. The number of hydrogen-bond acceptors (Lipinski definition) is 6. The lowest BCUT2D eigenvalue weighted by Crippen LogP contribution is -2.58. The van der Waals surface area contributed by atoms with Gasteiger partial charge in [0.05, 0.1) is 6.04 Å². The van der Waals surface area contributed by atoms with E-state index in [2.05, 4.69) is 22.5 Å². The van der Waals surface area contributed by atoms with Gasteiger partial charge >= 0.3 is 6.09 Å². The molecule has 1 unspecified atom stereocenters. The molecule has 10 heteroatoms. The third-order valence-corrected chi connectivity index (χ3v) is 7.18. The fraction of sp³-hybridized carbons (Fsp3) is 0.741. The summed E-state index contributed by atoms with van der Waals surface area (Å²) in [6, 6.07) is -2.48. The van der Waals surface area contributed by atoms with Crippen molar-refractivity contribution in [1.82, 2.24) is 20.9 Å². The number of ether oxygens (including phenoxy) is 1. The van der Waals surface area contributed by atoms with E-state index >= 15 is 0 Å². The normalized spacial score (nSPS) is 21.6. The molecule has 2 aliphatic carbocycles. The molecule has 3 aliphatic rings. The van der Waals surface area contributed by atoms with Gasteiger partial charge in [-0.25, -0.2) is 4.79 Å². The summed E-state index contributed by atoms with van der Waals surface area (Å²) in [7, 11) is 0. The van der Waals surface area contributed by atoms with Crippen LogP contribution in [-0.2, 0) is 23.9 Å². The van der Waals surface area contributed by atoms with E-state index in [4.69, 9.17) is 4.74 Å². The van der Waals surface area contributed by atoms with Crippen LogP contribution < -0.4 is 16.0 Å².